The van der Waals surface area contributed by atoms with Crippen molar-refractivity contribution in [3.05, 3.63) is 65.2 Å². The van der Waals surface area contributed by atoms with Gasteiger partial charge in [-0.25, -0.2) is 14.0 Å². The first-order chi connectivity index (χ1) is 19.1. The van der Waals surface area contributed by atoms with Gasteiger partial charge in [0.05, 0.1) is 11.8 Å². The number of rotatable bonds is 8. The van der Waals surface area contributed by atoms with E-state index in [-0.39, 0.29) is 16.8 Å². The van der Waals surface area contributed by atoms with Crippen LogP contribution in [0, 0.1) is 5.82 Å². The van der Waals surface area contributed by atoms with E-state index in [0.717, 1.165) is 77.0 Å². The molecule has 2 aromatic rings. The number of hydrogen-bond acceptors (Lipinski definition) is 8. The number of halogens is 1. The molecule has 0 radical (unpaired) electrons. The van der Waals surface area contributed by atoms with E-state index in [1.807, 2.05) is 6.07 Å². The predicted octanol–water partition coefficient (Wildman–Crippen LogP) is 1.84. The number of ether oxygens (including phenoxy) is 2. The van der Waals surface area contributed by atoms with E-state index in [1.165, 1.54) is 17.3 Å². The van der Waals surface area contributed by atoms with Crippen LogP contribution in [0.1, 0.15) is 48.9 Å². The van der Waals surface area contributed by atoms with Gasteiger partial charge in [0.25, 0.3) is 0 Å². The van der Waals surface area contributed by atoms with E-state index >= 15 is 0 Å². The second kappa shape index (κ2) is 13.1. The molecule has 3 heterocycles. The smallest absolute Gasteiger partial charge is 0.335 e. The topological polar surface area (TPSA) is 158 Å². The maximum Gasteiger partial charge on any atom is 0.335 e. The number of fused-ring (bicyclic) bond motifs is 1. The molecule has 5 rings (SSSR count). The fourth-order valence-corrected chi connectivity index (χ4v) is 6.02. The Morgan fingerprint density at radius 3 is 2.15 bits per heavy atom. The number of benzene rings is 1. The van der Waals surface area contributed by atoms with Crippen molar-refractivity contribution in [2.75, 3.05) is 26.4 Å². The summed E-state index contributed by atoms with van der Waals surface area (Å²) in [6.07, 6.45) is 3.76. The first kappa shape index (κ1) is 30.0. The molecule has 0 saturated carbocycles. The van der Waals surface area contributed by atoms with Gasteiger partial charge in [-0.15, -0.1) is 0 Å². The predicted molar refractivity (Wildman–Crippen MR) is 141 cm³/mol. The fourth-order valence-electron chi connectivity index (χ4n) is 6.02. The van der Waals surface area contributed by atoms with Crippen molar-refractivity contribution < 1.29 is 43.9 Å². The Bertz CT molecular complexity index is 1110. The number of aromatic nitrogens is 1. The minimum Gasteiger partial charge on any atom is -0.479 e. The third-order valence-electron chi connectivity index (χ3n) is 8.22. The number of nitrogens with zero attached hydrogens (tertiary/aromatic N) is 1. The van der Waals surface area contributed by atoms with Crippen LogP contribution in [0.3, 0.4) is 0 Å². The second-order valence-electron chi connectivity index (χ2n) is 10.9. The van der Waals surface area contributed by atoms with Gasteiger partial charge in [0.1, 0.15) is 5.82 Å². The number of aliphatic hydroxyl groups is 2. The van der Waals surface area contributed by atoms with Gasteiger partial charge in [-0.3, -0.25) is 4.98 Å². The second-order valence-corrected chi connectivity index (χ2v) is 10.9. The molecule has 218 valence electrons. The zero-order valence-electron chi connectivity index (χ0n) is 22.3. The fraction of sp³-hybridized carbons (Fsp3) is 0.552. The Kier molecular flexibility index (Phi) is 9.85. The largest absolute Gasteiger partial charge is 0.479 e. The van der Waals surface area contributed by atoms with Crippen LogP contribution in [0.4, 0.5) is 4.39 Å². The molecule has 11 heteroatoms. The Labute approximate surface area is 232 Å². The van der Waals surface area contributed by atoms with Crippen molar-refractivity contribution in [2.45, 2.75) is 74.2 Å². The van der Waals surface area contributed by atoms with Gasteiger partial charge in [-0.1, -0.05) is 24.3 Å². The molecule has 1 aromatic heterocycles. The van der Waals surface area contributed by atoms with Crippen LogP contribution in [-0.2, 0) is 37.3 Å². The molecule has 0 unspecified atom stereocenters. The van der Waals surface area contributed by atoms with Gasteiger partial charge in [0, 0.05) is 37.0 Å². The van der Waals surface area contributed by atoms with Crippen molar-refractivity contribution in [1.29, 1.82) is 0 Å². The highest BCUT2D eigenvalue weighted by atomic mass is 19.1. The molecule has 0 amide bonds. The number of carboxylic acids is 2. The van der Waals surface area contributed by atoms with E-state index in [1.54, 1.807) is 6.07 Å². The van der Waals surface area contributed by atoms with Crippen LogP contribution in [0.2, 0.25) is 0 Å². The number of nitrogens with one attached hydrogen (secondary N) is 1. The lowest BCUT2D eigenvalue weighted by Gasteiger charge is -2.49. The lowest BCUT2D eigenvalue weighted by atomic mass is 9.66. The Morgan fingerprint density at radius 2 is 1.60 bits per heavy atom. The number of aliphatic hydroxyl groups excluding tert-OH is 2. The number of aliphatic carboxylic acids is 2. The molecule has 2 saturated heterocycles. The summed E-state index contributed by atoms with van der Waals surface area (Å²) in [6.45, 7) is 3.18. The van der Waals surface area contributed by atoms with Crippen LogP contribution in [0.15, 0.2) is 42.6 Å². The number of carbonyl (C=O) groups is 2. The van der Waals surface area contributed by atoms with E-state index in [0.29, 0.717) is 6.04 Å². The van der Waals surface area contributed by atoms with Crippen LogP contribution < -0.4 is 5.32 Å². The highest BCUT2D eigenvalue weighted by molar-refractivity contribution is 5.83. The summed E-state index contributed by atoms with van der Waals surface area (Å²) in [7, 11) is 0. The van der Waals surface area contributed by atoms with Gasteiger partial charge in [0.15, 0.2) is 12.2 Å². The Balaban J connectivity index is 0.000000318. The lowest BCUT2D eigenvalue weighted by molar-refractivity contribution is -0.165. The zero-order valence-corrected chi connectivity index (χ0v) is 22.3. The van der Waals surface area contributed by atoms with Crippen molar-refractivity contribution >= 4 is 11.9 Å². The first-order valence-electron chi connectivity index (χ1n) is 13.6. The van der Waals surface area contributed by atoms with Gasteiger partial charge >= 0.3 is 11.9 Å². The number of hydrogen-bond donors (Lipinski definition) is 5. The monoisotopic (exact) mass is 560 g/mol. The minimum atomic E-state index is -2.27. The highest BCUT2D eigenvalue weighted by Gasteiger charge is 2.48. The molecule has 3 atom stereocenters. The van der Waals surface area contributed by atoms with Gasteiger partial charge in [0.2, 0.25) is 0 Å². The molecule has 40 heavy (non-hydrogen) atoms. The van der Waals surface area contributed by atoms with Crippen molar-refractivity contribution in [3.8, 4) is 0 Å². The molecule has 1 aliphatic carbocycles. The van der Waals surface area contributed by atoms with Gasteiger partial charge < -0.3 is 35.2 Å². The maximum atomic E-state index is 13.6. The Hall–Kier alpha value is -2.96. The summed E-state index contributed by atoms with van der Waals surface area (Å²) in [6, 6.07) is 12.7. The summed E-state index contributed by atoms with van der Waals surface area (Å²) in [5.41, 5.74) is 3.74. The Morgan fingerprint density at radius 1 is 0.975 bits per heavy atom. The van der Waals surface area contributed by atoms with E-state index in [4.69, 9.17) is 29.9 Å². The SMILES string of the molecule is Fc1ccc([C@]2(CCNC3Cc4ccccc4C3)CCOC3(CCOCC3)C2)nc1.O=C(O)[C@@H](O)[C@H](O)C(=O)O. The van der Waals surface area contributed by atoms with Crippen molar-refractivity contribution in [3.63, 3.8) is 0 Å². The first-order valence-corrected chi connectivity index (χ1v) is 13.6. The summed E-state index contributed by atoms with van der Waals surface area (Å²) < 4.78 is 25.5. The molecule has 2 aliphatic heterocycles. The number of pyridine rings is 1. The lowest BCUT2D eigenvalue weighted by Crippen LogP contribution is -2.51. The summed E-state index contributed by atoms with van der Waals surface area (Å²) in [4.78, 5) is 24.1. The summed E-state index contributed by atoms with van der Waals surface area (Å²) in [5.74, 6) is -3.81. The van der Waals surface area contributed by atoms with Gasteiger partial charge in [-0.2, -0.15) is 0 Å². The van der Waals surface area contributed by atoms with E-state index in [2.05, 4.69) is 34.6 Å². The standard InChI is InChI=1S/C25H31FN2O2.C4H6O6/c26-21-5-6-23(28-17-21)24(8-14-30-25(18-24)9-12-29-13-10-25)7-11-27-22-15-19-3-1-2-4-20(19)16-22;5-1(3(7)8)2(6)4(9)10/h1-6,17,22,27H,7-16,18H2;1-2,5-6H,(H,7,8)(H,9,10)/t24-;1-,2-/m10/s1. The van der Waals surface area contributed by atoms with Crippen LogP contribution in [0.5, 0.6) is 0 Å². The average molecular weight is 561 g/mol. The third kappa shape index (κ3) is 7.21. The highest BCUT2D eigenvalue weighted by Crippen LogP contribution is 2.47. The van der Waals surface area contributed by atoms with E-state index in [9.17, 15) is 14.0 Å². The maximum absolute atomic E-state index is 13.6. The van der Waals surface area contributed by atoms with Crippen LogP contribution in [-0.4, -0.2) is 87.6 Å². The summed E-state index contributed by atoms with van der Waals surface area (Å²) in [5, 5.41) is 36.3. The molecule has 3 aliphatic rings. The molecule has 2 fully saturated rings. The van der Waals surface area contributed by atoms with Gasteiger partial charge in [-0.05, 0) is 74.8 Å². The molecular formula is C29H37FN2O8. The molecule has 0 bridgehead atoms. The van der Waals surface area contributed by atoms with E-state index < -0.39 is 24.1 Å². The quantitative estimate of drug-likeness (QED) is 0.323. The molecule has 5 N–H and O–H groups in total. The third-order valence-corrected chi connectivity index (χ3v) is 8.22. The molecular weight excluding hydrogens is 523 g/mol. The summed E-state index contributed by atoms with van der Waals surface area (Å²) >= 11 is 0. The van der Waals surface area contributed by atoms with Crippen molar-refractivity contribution in [2.24, 2.45) is 0 Å². The molecule has 1 aromatic carbocycles. The van der Waals surface area contributed by atoms with Crippen LogP contribution in [0.25, 0.3) is 0 Å². The number of carboxylic acid groups (broad SMARTS) is 2. The molecule has 10 nitrogen and oxygen atoms in total. The molecule has 1 spiro atoms. The average Bonchev–Trinajstić information content (AvgIpc) is 3.36. The minimum absolute atomic E-state index is 0.0816. The normalized spacial score (nSPS) is 23.5. The zero-order chi connectivity index (χ0) is 28.8. The van der Waals surface area contributed by atoms with Crippen LogP contribution >= 0.6 is 0 Å². The van der Waals surface area contributed by atoms with Crippen molar-refractivity contribution in [1.82, 2.24) is 10.3 Å².